The van der Waals surface area contributed by atoms with Crippen LogP contribution in [-0.4, -0.2) is 16.9 Å². The van der Waals surface area contributed by atoms with Crippen LogP contribution in [0.5, 0.6) is 0 Å². The molecule has 2 unspecified atom stereocenters. The van der Waals surface area contributed by atoms with Gasteiger partial charge in [0.1, 0.15) is 10.8 Å². The third-order valence-electron chi connectivity index (χ3n) is 2.88. The van der Waals surface area contributed by atoms with Crippen LogP contribution in [0.15, 0.2) is 12.1 Å². The number of rotatable bonds is 4. The van der Waals surface area contributed by atoms with E-state index in [4.69, 9.17) is 23.2 Å². The Bertz CT molecular complexity index is 409. The van der Waals surface area contributed by atoms with Gasteiger partial charge in [-0.25, -0.2) is 4.98 Å². The molecule has 0 saturated heterocycles. The van der Waals surface area contributed by atoms with E-state index in [0.717, 1.165) is 6.42 Å². The fourth-order valence-electron chi connectivity index (χ4n) is 1.35. The Kier molecular flexibility index (Phi) is 5.22. The number of hydrogen-bond acceptors (Lipinski definition) is 2. The Labute approximate surface area is 112 Å². The van der Waals surface area contributed by atoms with Gasteiger partial charge in [0.15, 0.2) is 0 Å². The van der Waals surface area contributed by atoms with Gasteiger partial charge in [-0.1, -0.05) is 43.5 Å². The highest BCUT2D eigenvalue weighted by Gasteiger charge is 2.17. The molecule has 1 aromatic heterocycles. The van der Waals surface area contributed by atoms with Crippen molar-refractivity contribution in [2.45, 2.75) is 33.2 Å². The van der Waals surface area contributed by atoms with E-state index in [0.29, 0.717) is 10.9 Å². The number of hydrogen-bond donors (Lipinski definition) is 1. The molecule has 0 saturated carbocycles. The molecule has 0 aliphatic carbocycles. The maximum Gasteiger partial charge on any atom is 0.271 e. The van der Waals surface area contributed by atoms with Crippen molar-refractivity contribution in [3.8, 4) is 0 Å². The molecule has 1 aromatic rings. The predicted octanol–water partition coefficient (Wildman–Crippen LogP) is 3.55. The summed E-state index contributed by atoms with van der Waals surface area (Å²) in [6, 6.07) is 3.20. The van der Waals surface area contributed by atoms with Crippen LogP contribution in [0.2, 0.25) is 10.2 Å². The Morgan fingerprint density at radius 3 is 2.65 bits per heavy atom. The molecule has 1 amide bonds. The summed E-state index contributed by atoms with van der Waals surface area (Å²) in [6.45, 7) is 6.13. The summed E-state index contributed by atoms with van der Waals surface area (Å²) in [5, 5.41) is 3.44. The normalized spacial score (nSPS) is 14.2. The van der Waals surface area contributed by atoms with E-state index in [2.05, 4.69) is 24.1 Å². The fraction of sp³-hybridized carbons (Fsp3) is 0.500. The van der Waals surface area contributed by atoms with Gasteiger partial charge >= 0.3 is 0 Å². The molecule has 2 atom stereocenters. The number of nitrogens with zero attached hydrogens (tertiary/aromatic N) is 1. The number of carbonyl (C=O) groups is 1. The summed E-state index contributed by atoms with van der Waals surface area (Å²) in [7, 11) is 0. The van der Waals surface area contributed by atoms with Gasteiger partial charge in [0.05, 0.1) is 5.02 Å². The van der Waals surface area contributed by atoms with Gasteiger partial charge in [-0.15, -0.1) is 0 Å². The van der Waals surface area contributed by atoms with Crippen molar-refractivity contribution in [2.75, 3.05) is 0 Å². The largest absolute Gasteiger partial charge is 0.348 e. The molecule has 3 nitrogen and oxygen atoms in total. The van der Waals surface area contributed by atoms with E-state index in [1.807, 2.05) is 6.92 Å². The number of aromatic nitrogens is 1. The minimum atomic E-state index is -0.287. The van der Waals surface area contributed by atoms with Crippen molar-refractivity contribution in [1.29, 1.82) is 0 Å². The molecule has 1 N–H and O–H groups in total. The molecule has 5 heteroatoms. The molecule has 0 aliphatic rings. The molecule has 0 aromatic carbocycles. The lowest BCUT2D eigenvalue weighted by molar-refractivity contribution is 0.0923. The van der Waals surface area contributed by atoms with Crippen LogP contribution in [0.25, 0.3) is 0 Å². The fourth-order valence-corrected chi connectivity index (χ4v) is 1.69. The SMILES string of the molecule is CCC(C)C(C)NC(=O)c1nc(Cl)ccc1Cl. The maximum absolute atomic E-state index is 11.9. The molecule has 0 radical (unpaired) electrons. The van der Waals surface area contributed by atoms with Gasteiger partial charge < -0.3 is 5.32 Å². The summed E-state index contributed by atoms with van der Waals surface area (Å²) in [4.78, 5) is 15.9. The third-order valence-corrected chi connectivity index (χ3v) is 3.40. The quantitative estimate of drug-likeness (QED) is 0.854. The monoisotopic (exact) mass is 274 g/mol. The first-order valence-electron chi connectivity index (χ1n) is 5.58. The number of pyridine rings is 1. The van der Waals surface area contributed by atoms with Gasteiger partial charge in [-0.2, -0.15) is 0 Å². The Morgan fingerprint density at radius 1 is 1.41 bits per heavy atom. The zero-order chi connectivity index (χ0) is 13.0. The molecule has 0 fully saturated rings. The second-order valence-electron chi connectivity index (χ2n) is 4.11. The van der Waals surface area contributed by atoms with E-state index in [9.17, 15) is 4.79 Å². The summed E-state index contributed by atoms with van der Waals surface area (Å²) in [5.41, 5.74) is 0.175. The molecular weight excluding hydrogens is 259 g/mol. The van der Waals surface area contributed by atoms with Gasteiger partial charge in [0, 0.05) is 6.04 Å². The third kappa shape index (κ3) is 3.86. The van der Waals surface area contributed by atoms with Gasteiger partial charge in [-0.3, -0.25) is 4.79 Å². The molecule has 17 heavy (non-hydrogen) atoms. The van der Waals surface area contributed by atoms with Gasteiger partial charge in [-0.05, 0) is 25.0 Å². The number of halogens is 2. The van der Waals surface area contributed by atoms with Crippen molar-refractivity contribution in [2.24, 2.45) is 5.92 Å². The van der Waals surface area contributed by atoms with E-state index in [1.165, 1.54) is 0 Å². The minimum absolute atomic E-state index is 0.0735. The number of carbonyl (C=O) groups excluding carboxylic acids is 1. The molecule has 0 bridgehead atoms. The molecule has 0 spiro atoms. The highest BCUT2D eigenvalue weighted by molar-refractivity contribution is 6.34. The van der Waals surface area contributed by atoms with Crippen molar-refractivity contribution in [1.82, 2.24) is 10.3 Å². The van der Waals surface area contributed by atoms with Crippen LogP contribution in [0.4, 0.5) is 0 Å². The lowest BCUT2D eigenvalue weighted by atomic mass is 10.0. The summed E-state index contributed by atoms with van der Waals surface area (Å²) in [5.74, 6) is 0.113. The average Bonchev–Trinajstić information content (AvgIpc) is 2.30. The molecule has 1 heterocycles. The first-order valence-corrected chi connectivity index (χ1v) is 6.34. The number of nitrogens with one attached hydrogen (secondary N) is 1. The zero-order valence-electron chi connectivity index (χ0n) is 10.1. The van der Waals surface area contributed by atoms with E-state index in [1.54, 1.807) is 12.1 Å². The minimum Gasteiger partial charge on any atom is -0.348 e. The summed E-state index contributed by atoms with van der Waals surface area (Å²) in [6.07, 6.45) is 0.998. The summed E-state index contributed by atoms with van der Waals surface area (Å²) < 4.78 is 0. The van der Waals surface area contributed by atoms with Crippen LogP contribution in [0.3, 0.4) is 0 Å². The van der Waals surface area contributed by atoms with Crippen molar-refractivity contribution in [3.05, 3.63) is 28.0 Å². The maximum atomic E-state index is 11.9. The standard InChI is InChI=1S/C12H16Cl2N2O/c1-4-7(2)8(3)15-12(17)11-9(13)5-6-10(14)16-11/h5-8H,4H2,1-3H3,(H,15,17). The van der Waals surface area contributed by atoms with Gasteiger partial charge in [0.2, 0.25) is 0 Å². The zero-order valence-corrected chi connectivity index (χ0v) is 11.6. The van der Waals surface area contributed by atoms with Crippen LogP contribution in [0.1, 0.15) is 37.7 Å². The Hall–Kier alpha value is -0.800. The van der Waals surface area contributed by atoms with E-state index in [-0.39, 0.29) is 22.8 Å². The highest BCUT2D eigenvalue weighted by Crippen LogP contribution is 2.17. The second kappa shape index (κ2) is 6.22. The van der Waals surface area contributed by atoms with Crippen LogP contribution in [0, 0.1) is 5.92 Å². The van der Waals surface area contributed by atoms with Crippen LogP contribution < -0.4 is 5.32 Å². The first kappa shape index (κ1) is 14.3. The summed E-state index contributed by atoms with van der Waals surface area (Å²) >= 11 is 11.6. The van der Waals surface area contributed by atoms with Gasteiger partial charge in [0.25, 0.3) is 5.91 Å². The lowest BCUT2D eigenvalue weighted by Gasteiger charge is -2.19. The highest BCUT2D eigenvalue weighted by atomic mass is 35.5. The van der Waals surface area contributed by atoms with Crippen molar-refractivity contribution in [3.63, 3.8) is 0 Å². The smallest absolute Gasteiger partial charge is 0.271 e. The lowest BCUT2D eigenvalue weighted by Crippen LogP contribution is -2.37. The topological polar surface area (TPSA) is 42.0 Å². The Morgan fingerprint density at radius 2 is 2.06 bits per heavy atom. The van der Waals surface area contributed by atoms with Crippen molar-refractivity contribution < 1.29 is 4.79 Å². The van der Waals surface area contributed by atoms with Crippen LogP contribution in [-0.2, 0) is 0 Å². The second-order valence-corrected chi connectivity index (χ2v) is 4.91. The molecule has 1 rings (SSSR count). The molecule has 94 valence electrons. The number of amides is 1. The predicted molar refractivity (Wildman–Crippen MR) is 70.6 cm³/mol. The molecular formula is C12H16Cl2N2O. The van der Waals surface area contributed by atoms with Crippen molar-refractivity contribution >= 4 is 29.1 Å². The molecule has 0 aliphatic heterocycles. The van der Waals surface area contributed by atoms with E-state index < -0.39 is 0 Å². The Balaban J connectivity index is 2.79. The van der Waals surface area contributed by atoms with E-state index >= 15 is 0 Å². The first-order chi connectivity index (χ1) is 7.95. The van der Waals surface area contributed by atoms with Crippen LogP contribution >= 0.6 is 23.2 Å². The average molecular weight is 275 g/mol.